The summed E-state index contributed by atoms with van der Waals surface area (Å²) in [6.45, 7) is 11.2. The molecular weight excluding hydrogens is 418 g/mol. The Hall–Kier alpha value is -0.280. The molecule has 0 aliphatic heterocycles. The molecule has 0 bridgehead atoms. The van der Waals surface area contributed by atoms with E-state index in [4.69, 9.17) is 48.4 Å². The lowest BCUT2D eigenvalue weighted by Gasteiger charge is -2.24. The quantitative estimate of drug-likeness (QED) is 0.221. The van der Waals surface area contributed by atoms with Gasteiger partial charge in [-0.05, 0) is 19.3 Å². The summed E-state index contributed by atoms with van der Waals surface area (Å²) in [7, 11) is -4.07. The second-order valence-corrected chi connectivity index (χ2v) is 8.14. The number of phosphoric ester groups is 1. The topological polar surface area (TPSA) is 44.8 Å². The molecule has 152 valence electrons. The van der Waals surface area contributed by atoms with Gasteiger partial charge < -0.3 is 13.6 Å². The molecule has 0 aliphatic rings. The molecule has 0 radical (unpaired) electrons. The van der Waals surface area contributed by atoms with Crippen molar-refractivity contribution in [1.29, 1.82) is 0 Å². The summed E-state index contributed by atoms with van der Waals surface area (Å²) >= 11 is 18.6. The first-order valence-corrected chi connectivity index (χ1v) is 11.6. The minimum absolute atomic E-state index is 0.364. The number of phosphoric acid groups is 1. The van der Waals surface area contributed by atoms with Crippen molar-refractivity contribution in [2.45, 2.75) is 80.1 Å². The Kier molecular flexibility index (Phi) is 12.9. The highest BCUT2D eigenvalue weighted by molar-refractivity contribution is 7.48. The van der Waals surface area contributed by atoms with Crippen molar-refractivity contribution in [1.82, 2.24) is 0 Å². The van der Waals surface area contributed by atoms with Gasteiger partial charge in [0, 0.05) is 19.3 Å². The average molecular weight is 448 g/mol. The van der Waals surface area contributed by atoms with Crippen LogP contribution in [0.3, 0.4) is 0 Å². The second kappa shape index (κ2) is 13.0. The normalized spacial score (nSPS) is 15.0. The summed E-state index contributed by atoms with van der Waals surface area (Å²) in [6.07, 6.45) is 2.98. The maximum Gasteiger partial charge on any atom is 0.646 e. The lowest BCUT2D eigenvalue weighted by Crippen LogP contribution is -2.03. The fourth-order valence-electron chi connectivity index (χ4n) is 1.97. The molecule has 0 saturated carbocycles. The third kappa shape index (κ3) is 8.17. The van der Waals surface area contributed by atoms with Crippen LogP contribution >= 0.6 is 42.6 Å². The van der Waals surface area contributed by atoms with E-state index >= 15 is 0 Å². The predicted octanol–water partition coefficient (Wildman–Crippen LogP) is 8.96. The van der Waals surface area contributed by atoms with Gasteiger partial charge in [-0.1, -0.05) is 76.3 Å². The molecule has 0 aromatic carbocycles. The third-order valence-corrected chi connectivity index (χ3v) is 6.23. The Morgan fingerprint density at radius 3 is 0.962 bits per heavy atom. The van der Waals surface area contributed by atoms with Crippen molar-refractivity contribution in [3.8, 4) is 0 Å². The highest BCUT2D eigenvalue weighted by Gasteiger charge is 2.36. The van der Waals surface area contributed by atoms with E-state index in [-0.39, 0.29) is 0 Å². The second-order valence-electron chi connectivity index (χ2n) is 5.33. The summed E-state index contributed by atoms with van der Waals surface area (Å²) in [4.78, 5) is 0. The number of allylic oxidation sites excluding steroid dienone is 6. The van der Waals surface area contributed by atoms with E-state index in [2.05, 4.69) is 0 Å². The summed E-state index contributed by atoms with van der Waals surface area (Å²) in [5, 5.41) is 1.39. The van der Waals surface area contributed by atoms with Gasteiger partial charge in [0.05, 0.1) is 15.1 Å². The number of halogens is 3. The van der Waals surface area contributed by atoms with Gasteiger partial charge >= 0.3 is 7.82 Å². The summed E-state index contributed by atoms with van der Waals surface area (Å²) < 4.78 is 30.4. The van der Waals surface area contributed by atoms with Crippen molar-refractivity contribution in [3.05, 3.63) is 32.4 Å². The molecule has 0 unspecified atom stereocenters. The summed E-state index contributed by atoms with van der Waals surface area (Å²) in [5.41, 5.74) is 0. The average Bonchev–Trinajstić information content (AvgIpc) is 2.66. The van der Waals surface area contributed by atoms with E-state index in [9.17, 15) is 4.57 Å². The molecule has 0 amide bonds. The van der Waals surface area contributed by atoms with Crippen molar-refractivity contribution >= 4 is 42.6 Å². The molecule has 0 aliphatic carbocycles. The molecule has 26 heavy (non-hydrogen) atoms. The van der Waals surface area contributed by atoms with E-state index in [1.165, 1.54) is 0 Å². The fourth-order valence-corrected chi connectivity index (χ4v) is 4.29. The lowest BCUT2D eigenvalue weighted by molar-refractivity contribution is 0.183. The van der Waals surface area contributed by atoms with E-state index in [0.29, 0.717) is 70.9 Å². The molecule has 0 saturated heterocycles. The third-order valence-electron chi connectivity index (χ3n) is 3.47. The van der Waals surface area contributed by atoms with Crippen LogP contribution in [0.4, 0.5) is 0 Å². The van der Waals surface area contributed by atoms with Crippen LogP contribution in [0.1, 0.15) is 80.1 Å². The molecule has 0 rings (SSSR count). The monoisotopic (exact) mass is 446 g/mol. The number of rotatable bonds is 12. The van der Waals surface area contributed by atoms with Crippen molar-refractivity contribution in [2.75, 3.05) is 0 Å². The van der Waals surface area contributed by atoms with E-state index in [1.54, 1.807) is 0 Å². The van der Waals surface area contributed by atoms with E-state index in [1.807, 2.05) is 41.5 Å². The summed E-state index contributed by atoms with van der Waals surface area (Å²) in [6, 6.07) is 0. The molecule has 0 aromatic heterocycles. The van der Waals surface area contributed by atoms with E-state index < -0.39 is 7.82 Å². The maximum absolute atomic E-state index is 13.4. The molecule has 0 heterocycles. The van der Waals surface area contributed by atoms with Crippen LogP contribution in [-0.4, -0.2) is 0 Å². The molecular formula is C18H30Cl3O4P. The van der Waals surface area contributed by atoms with Gasteiger partial charge in [0.2, 0.25) is 0 Å². The standard InChI is InChI=1S/C18H30Cl3O4P/c1-7-13(19)16(10-4)23-26(22,24-17(11-5)14(20)8-2)25-18(12-6)15(21)9-3/h7-12H2,1-6H3/b16-13-,17-14-,18-15-. The zero-order valence-electron chi connectivity index (χ0n) is 16.5. The van der Waals surface area contributed by atoms with Crippen LogP contribution in [0.5, 0.6) is 0 Å². The Labute approximate surface area is 173 Å². The first-order valence-electron chi connectivity index (χ1n) is 9.02. The van der Waals surface area contributed by atoms with Crippen LogP contribution in [0.2, 0.25) is 0 Å². The first-order chi connectivity index (χ1) is 12.2. The zero-order chi connectivity index (χ0) is 20.3. The maximum atomic E-state index is 13.4. The molecule has 8 heteroatoms. The van der Waals surface area contributed by atoms with Gasteiger partial charge in [-0.2, -0.15) is 4.57 Å². The summed E-state index contributed by atoms with van der Waals surface area (Å²) in [5.74, 6) is 1.09. The van der Waals surface area contributed by atoms with Crippen LogP contribution in [0.15, 0.2) is 32.4 Å². The fraction of sp³-hybridized carbons (Fsp3) is 0.667. The number of hydrogen-bond acceptors (Lipinski definition) is 4. The van der Waals surface area contributed by atoms with Gasteiger partial charge in [-0.3, -0.25) is 0 Å². The highest BCUT2D eigenvalue weighted by Crippen LogP contribution is 2.57. The molecule has 0 N–H and O–H groups in total. The molecule has 4 nitrogen and oxygen atoms in total. The lowest BCUT2D eigenvalue weighted by atomic mass is 10.3. The first kappa shape index (κ1) is 25.7. The predicted molar refractivity (Wildman–Crippen MR) is 111 cm³/mol. The Balaban J connectivity index is 6.06. The largest absolute Gasteiger partial charge is 0.646 e. The number of hydrogen-bond donors (Lipinski definition) is 0. The molecule has 0 spiro atoms. The van der Waals surface area contributed by atoms with Gasteiger partial charge in [0.25, 0.3) is 0 Å². The van der Waals surface area contributed by atoms with Crippen LogP contribution in [0.25, 0.3) is 0 Å². The molecule has 0 aromatic rings. The highest BCUT2D eigenvalue weighted by atomic mass is 35.5. The van der Waals surface area contributed by atoms with Gasteiger partial charge in [-0.25, -0.2) is 0 Å². The Morgan fingerprint density at radius 2 is 0.808 bits per heavy atom. The van der Waals surface area contributed by atoms with Gasteiger partial charge in [0.1, 0.15) is 17.3 Å². The van der Waals surface area contributed by atoms with Crippen LogP contribution < -0.4 is 0 Å². The Morgan fingerprint density at radius 1 is 0.577 bits per heavy atom. The van der Waals surface area contributed by atoms with Crippen molar-refractivity contribution in [2.24, 2.45) is 0 Å². The minimum atomic E-state index is -4.07. The molecule has 0 fully saturated rings. The zero-order valence-corrected chi connectivity index (χ0v) is 19.6. The van der Waals surface area contributed by atoms with Crippen LogP contribution in [-0.2, 0) is 18.1 Å². The smallest absolute Gasteiger partial charge is 0.389 e. The van der Waals surface area contributed by atoms with Crippen molar-refractivity contribution < 1.29 is 18.1 Å². The molecule has 0 atom stereocenters. The van der Waals surface area contributed by atoms with E-state index in [0.717, 1.165) is 0 Å². The Bertz CT molecular complexity index is 516. The van der Waals surface area contributed by atoms with Crippen LogP contribution in [0, 0.1) is 0 Å². The van der Waals surface area contributed by atoms with Gasteiger partial charge in [-0.15, -0.1) is 0 Å². The minimum Gasteiger partial charge on any atom is -0.389 e. The van der Waals surface area contributed by atoms with Gasteiger partial charge in [0.15, 0.2) is 0 Å². The van der Waals surface area contributed by atoms with Crippen molar-refractivity contribution in [3.63, 3.8) is 0 Å². The SMILES string of the molecule is CC/C(Cl)=C(\CC)OP(=O)(O/C(CC)=C(\Cl)CC)O/C(CC)=C(\Cl)CC.